The highest BCUT2D eigenvalue weighted by Gasteiger charge is 2.09. The summed E-state index contributed by atoms with van der Waals surface area (Å²) in [6.45, 7) is 0. The fourth-order valence-electron chi connectivity index (χ4n) is 1.62. The molecule has 0 aliphatic carbocycles. The number of nitrogens with two attached hydrogens (primary N) is 1. The van der Waals surface area contributed by atoms with E-state index in [1.807, 2.05) is 24.3 Å². The van der Waals surface area contributed by atoms with Crippen LogP contribution in [0.1, 0.15) is 5.69 Å². The van der Waals surface area contributed by atoms with E-state index in [4.69, 9.17) is 11.1 Å². The maximum absolute atomic E-state index is 7.36. The molecule has 0 bridgehead atoms. The van der Waals surface area contributed by atoms with Gasteiger partial charge in [-0.15, -0.1) is 5.10 Å². The molecule has 0 aliphatic rings. The number of hydrogen-bond acceptors (Lipinski definition) is 5. The number of fused-ring (bicyclic) bond motifs is 1. The average Bonchev–Trinajstić information content (AvgIpc) is 2.82. The minimum atomic E-state index is -0.108. The van der Waals surface area contributed by atoms with Crippen molar-refractivity contribution in [2.24, 2.45) is 5.73 Å². The SMILES string of the molecule is N=C(N)c1ccnc(-n2nnc3ccccc32)n1. The quantitative estimate of drug-likeness (QED) is 0.500. The van der Waals surface area contributed by atoms with E-state index >= 15 is 0 Å². The Balaban J connectivity index is 2.20. The molecule has 0 atom stereocenters. The van der Waals surface area contributed by atoms with E-state index in [2.05, 4.69) is 20.3 Å². The standard InChI is InChI=1S/C11H9N7/c12-10(13)8-5-6-14-11(15-8)18-9-4-2-1-3-7(9)16-17-18/h1-6H,(H3,12,13). The summed E-state index contributed by atoms with van der Waals surface area (Å²) in [5.74, 6) is 0.236. The number of amidine groups is 1. The largest absolute Gasteiger partial charge is 0.382 e. The Hall–Kier alpha value is -2.83. The number of para-hydroxylation sites is 1. The molecule has 7 heteroatoms. The first-order valence-corrected chi connectivity index (χ1v) is 5.24. The molecule has 0 fully saturated rings. The third-order valence-corrected chi connectivity index (χ3v) is 2.46. The van der Waals surface area contributed by atoms with Crippen molar-refractivity contribution < 1.29 is 0 Å². The average molecular weight is 239 g/mol. The first-order valence-electron chi connectivity index (χ1n) is 5.24. The lowest BCUT2D eigenvalue weighted by Gasteiger charge is -2.02. The molecule has 3 N–H and O–H groups in total. The van der Waals surface area contributed by atoms with Crippen LogP contribution < -0.4 is 5.73 Å². The zero-order valence-corrected chi connectivity index (χ0v) is 9.28. The van der Waals surface area contributed by atoms with Crippen molar-refractivity contribution in [3.63, 3.8) is 0 Å². The molecule has 3 rings (SSSR count). The fraction of sp³-hybridized carbons (Fsp3) is 0. The molecule has 3 aromatic rings. The van der Waals surface area contributed by atoms with Gasteiger partial charge in [-0.2, -0.15) is 4.68 Å². The number of benzene rings is 1. The van der Waals surface area contributed by atoms with Gasteiger partial charge in [0.05, 0.1) is 5.52 Å². The molecular formula is C11H9N7. The maximum atomic E-state index is 7.36. The number of hydrogen-bond donors (Lipinski definition) is 2. The molecule has 18 heavy (non-hydrogen) atoms. The Labute approximate surface area is 102 Å². The van der Waals surface area contributed by atoms with Crippen molar-refractivity contribution in [1.82, 2.24) is 25.0 Å². The van der Waals surface area contributed by atoms with Crippen LogP contribution in [0.15, 0.2) is 36.5 Å². The Morgan fingerprint density at radius 2 is 2.06 bits per heavy atom. The molecule has 0 saturated heterocycles. The molecule has 0 spiro atoms. The van der Waals surface area contributed by atoms with E-state index in [1.54, 1.807) is 6.07 Å². The van der Waals surface area contributed by atoms with Crippen molar-refractivity contribution in [3.8, 4) is 5.95 Å². The maximum Gasteiger partial charge on any atom is 0.253 e. The lowest BCUT2D eigenvalue weighted by molar-refractivity contribution is 0.772. The van der Waals surface area contributed by atoms with Crippen molar-refractivity contribution in [3.05, 3.63) is 42.2 Å². The molecule has 1 aromatic carbocycles. The lowest BCUT2D eigenvalue weighted by atomic mass is 10.3. The second kappa shape index (κ2) is 3.88. The first-order chi connectivity index (χ1) is 8.75. The minimum Gasteiger partial charge on any atom is -0.382 e. The monoisotopic (exact) mass is 239 g/mol. The second-order valence-corrected chi connectivity index (χ2v) is 3.65. The molecule has 0 radical (unpaired) electrons. The van der Waals surface area contributed by atoms with Crippen LogP contribution in [0, 0.1) is 5.41 Å². The summed E-state index contributed by atoms with van der Waals surface area (Å²) in [6, 6.07) is 9.07. The summed E-state index contributed by atoms with van der Waals surface area (Å²) in [7, 11) is 0. The predicted octanol–water partition coefficient (Wildman–Crippen LogP) is 0.495. The molecular weight excluding hydrogens is 230 g/mol. The molecule has 0 unspecified atom stereocenters. The number of nitrogen functional groups attached to an aromatic ring is 1. The summed E-state index contributed by atoms with van der Waals surface area (Å²) in [5.41, 5.74) is 7.32. The topological polar surface area (TPSA) is 106 Å². The Morgan fingerprint density at radius 1 is 1.22 bits per heavy atom. The van der Waals surface area contributed by atoms with E-state index in [9.17, 15) is 0 Å². The van der Waals surface area contributed by atoms with E-state index < -0.39 is 0 Å². The molecule has 0 saturated carbocycles. The molecule has 2 aromatic heterocycles. The van der Waals surface area contributed by atoms with Crippen LogP contribution in [-0.2, 0) is 0 Å². The van der Waals surface area contributed by atoms with E-state index in [0.717, 1.165) is 11.0 Å². The number of aromatic nitrogens is 5. The molecule has 0 amide bonds. The van der Waals surface area contributed by atoms with Gasteiger partial charge < -0.3 is 5.73 Å². The van der Waals surface area contributed by atoms with Crippen molar-refractivity contribution in [1.29, 1.82) is 5.41 Å². The predicted molar refractivity (Wildman–Crippen MR) is 65.5 cm³/mol. The van der Waals surface area contributed by atoms with Gasteiger partial charge in [-0.1, -0.05) is 17.3 Å². The number of nitrogens with zero attached hydrogens (tertiary/aromatic N) is 5. The molecule has 7 nitrogen and oxygen atoms in total. The zero-order chi connectivity index (χ0) is 12.5. The Bertz CT molecular complexity index is 731. The van der Waals surface area contributed by atoms with Crippen LogP contribution in [0.2, 0.25) is 0 Å². The van der Waals surface area contributed by atoms with Crippen LogP contribution in [0.5, 0.6) is 0 Å². The van der Waals surface area contributed by atoms with Crippen molar-refractivity contribution >= 4 is 16.9 Å². The summed E-state index contributed by atoms with van der Waals surface area (Å²) >= 11 is 0. The van der Waals surface area contributed by atoms with Gasteiger partial charge in [0.2, 0.25) is 0 Å². The van der Waals surface area contributed by atoms with Crippen molar-refractivity contribution in [2.75, 3.05) is 0 Å². The van der Waals surface area contributed by atoms with E-state index in [-0.39, 0.29) is 5.84 Å². The van der Waals surface area contributed by atoms with Crippen LogP contribution in [0.3, 0.4) is 0 Å². The van der Waals surface area contributed by atoms with Gasteiger partial charge in [-0.05, 0) is 18.2 Å². The van der Waals surface area contributed by atoms with Gasteiger partial charge >= 0.3 is 0 Å². The lowest BCUT2D eigenvalue weighted by Crippen LogP contribution is -2.15. The second-order valence-electron chi connectivity index (χ2n) is 3.65. The van der Waals surface area contributed by atoms with Crippen LogP contribution in [0.25, 0.3) is 17.0 Å². The molecule has 0 aliphatic heterocycles. The molecule has 2 heterocycles. The van der Waals surface area contributed by atoms with Crippen LogP contribution in [0.4, 0.5) is 0 Å². The Morgan fingerprint density at radius 3 is 2.89 bits per heavy atom. The molecule has 88 valence electrons. The van der Waals surface area contributed by atoms with E-state index in [0.29, 0.717) is 11.6 Å². The van der Waals surface area contributed by atoms with Gasteiger partial charge in [0.15, 0.2) is 0 Å². The van der Waals surface area contributed by atoms with Gasteiger partial charge in [0.1, 0.15) is 17.0 Å². The zero-order valence-electron chi connectivity index (χ0n) is 9.28. The highest BCUT2D eigenvalue weighted by Crippen LogP contribution is 2.12. The van der Waals surface area contributed by atoms with Gasteiger partial charge in [0, 0.05) is 6.20 Å². The third-order valence-electron chi connectivity index (χ3n) is 2.46. The Kier molecular flexibility index (Phi) is 2.23. The summed E-state index contributed by atoms with van der Waals surface area (Å²) in [6.07, 6.45) is 1.54. The van der Waals surface area contributed by atoms with E-state index in [1.165, 1.54) is 10.9 Å². The van der Waals surface area contributed by atoms with Gasteiger partial charge in [-0.25, -0.2) is 9.97 Å². The van der Waals surface area contributed by atoms with Gasteiger partial charge in [0.25, 0.3) is 5.95 Å². The number of nitrogens with one attached hydrogen (secondary N) is 1. The summed E-state index contributed by atoms with van der Waals surface area (Å²) in [4.78, 5) is 8.28. The first kappa shape index (κ1) is 10.3. The van der Waals surface area contributed by atoms with Crippen LogP contribution in [-0.4, -0.2) is 30.8 Å². The summed E-state index contributed by atoms with van der Waals surface area (Å²) < 4.78 is 1.52. The minimum absolute atomic E-state index is 0.108. The highest BCUT2D eigenvalue weighted by atomic mass is 15.5. The van der Waals surface area contributed by atoms with Crippen molar-refractivity contribution in [2.45, 2.75) is 0 Å². The number of rotatable bonds is 2. The smallest absolute Gasteiger partial charge is 0.253 e. The highest BCUT2D eigenvalue weighted by molar-refractivity contribution is 5.93. The van der Waals surface area contributed by atoms with Crippen LogP contribution >= 0.6 is 0 Å². The third kappa shape index (κ3) is 1.58. The fourth-order valence-corrected chi connectivity index (χ4v) is 1.62. The summed E-state index contributed by atoms with van der Waals surface area (Å²) in [5, 5.41) is 15.4. The normalized spacial score (nSPS) is 10.7. The van der Waals surface area contributed by atoms with Gasteiger partial charge in [-0.3, -0.25) is 5.41 Å².